The summed E-state index contributed by atoms with van der Waals surface area (Å²) in [7, 11) is 4.62. The van der Waals surface area contributed by atoms with Gasteiger partial charge in [0.05, 0.1) is 26.9 Å². The first kappa shape index (κ1) is 25.7. The number of rotatable bonds is 7. The number of hydrogen-bond acceptors (Lipinski definition) is 9. The summed E-state index contributed by atoms with van der Waals surface area (Å²) < 4.78 is 22.5. The Morgan fingerprint density at radius 1 is 0.949 bits per heavy atom. The number of oxazole rings is 1. The summed E-state index contributed by atoms with van der Waals surface area (Å²) >= 11 is 0. The number of aryl methyl sites for hydroxylation is 1. The van der Waals surface area contributed by atoms with Crippen molar-refractivity contribution < 1.29 is 23.4 Å². The number of nitrogens with one attached hydrogen (secondary N) is 3. The Morgan fingerprint density at radius 3 is 2.31 bits per heavy atom. The van der Waals surface area contributed by atoms with Crippen molar-refractivity contribution in [3.05, 3.63) is 83.1 Å². The fourth-order valence-corrected chi connectivity index (χ4v) is 4.46. The number of hydrogen-bond donors (Lipinski definition) is 3. The van der Waals surface area contributed by atoms with Crippen molar-refractivity contribution in [3.63, 3.8) is 0 Å². The molecule has 200 valence electrons. The molecule has 1 amide bonds. The number of benzene rings is 3. The van der Waals surface area contributed by atoms with Crippen LogP contribution in [0.4, 0.5) is 11.7 Å². The smallest absolute Gasteiger partial charge is 0.302 e. The zero-order valence-electron chi connectivity index (χ0n) is 22.3. The van der Waals surface area contributed by atoms with Gasteiger partial charge in [0.15, 0.2) is 17.1 Å². The van der Waals surface area contributed by atoms with Gasteiger partial charge in [0.1, 0.15) is 11.6 Å². The Labute approximate surface area is 225 Å². The molecule has 3 aromatic carbocycles. The summed E-state index contributed by atoms with van der Waals surface area (Å²) in [6, 6.07) is 18.2. The zero-order valence-corrected chi connectivity index (χ0v) is 22.3. The number of carbonyl (C=O) groups excluding carboxylic acids is 1. The Balaban J connectivity index is 1.57. The van der Waals surface area contributed by atoms with E-state index in [9.17, 15) is 4.79 Å². The van der Waals surface area contributed by atoms with Gasteiger partial charge in [-0.3, -0.25) is 10.1 Å². The SMILES string of the molecule is COc1cc(C2N=C(Nc3nc4ccccc4o3)NC(C)=C2C(=O)Nc2ccccc2C)cc(OC)c1OC. The third kappa shape index (κ3) is 5.08. The van der Waals surface area contributed by atoms with Crippen molar-refractivity contribution in [2.24, 2.45) is 4.99 Å². The Bertz CT molecular complexity index is 1550. The molecule has 4 aromatic rings. The number of fused-ring (bicyclic) bond motifs is 1. The quantitative estimate of drug-likeness (QED) is 0.301. The minimum atomic E-state index is -0.726. The number of ether oxygens (including phenoxy) is 3. The van der Waals surface area contributed by atoms with E-state index in [0.29, 0.717) is 56.8 Å². The van der Waals surface area contributed by atoms with E-state index in [4.69, 9.17) is 23.6 Å². The van der Waals surface area contributed by atoms with Gasteiger partial charge in [-0.25, -0.2) is 4.99 Å². The lowest BCUT2D eigenvalue weighted by atomic mass is 9.94. The number of aromatic nitrogens is 1. The van der Waals surface area contributed by atoms with Crippen molar-refractivity contribution >= 4 is 34.7 Å². The highest BCUT2D eigenvalue weighted by Gasteiger charge is 2.32. The lowest BCUT2D eigenvalue weighted by molar-refractivity contribution is -0.113. The van der Waals surface area contributed by atoms with Gasteiger partial charge in [-0.15, -0.1) is 0 Å². The van der Waals surface area contributed by atoms with Crippen molar-refractivity contribution in [2.75, 3.05) is 32.0 Å². The largest absolute Gasteiger partial charge is 0.493 e. The highest BCUT2D eigenvalue weighted by molar-refractivity contribution is 6.08. The van der Waals surface area contributed by atoms with E-state index in [0.717, 1.165) is 5.56 Å². The molecule has 39 heavy (non-hydrogen) atoms. The van der Waals surface area contributed by atoms with Crippen LogP contribution in [0.2, 0.25) is 0 Å². The van der Waals surface area contributed by atoms with Crippen molar-refractivity contribution in [2.45, 2.75) is 19.9 Å². The number of amides is 1. The van der Waals surface area contributed by atoms with Gasteiger partial charge in [-0.2, -0.15) is 4.98 Å². The van der Waals surface area contributed by atoms with E-state index in [-0.39, 0.29) is 11.9 Å². The van der Waals surface area contributed by atoms with Crippen LogP contribution in [0.5, 0.6) is 17.2 Å². The van der Waals surface area contributed by atoms with Crippen molar-refractivity contribution in [1.29, 1.82) is 0 Å². The molecule has 1 unspecified atom stereocenters. The first-order valence-electron chi connectivity index (χ1n) is 12.3. The first-order chi connectivity index (χ1) is 18.9. The second-order valence-electron chi connectivity index (χ2n) is 8.88. The number of carbonyl (C=O) groups is 1. The fourth-order valence-electron chi connectivity index (χ4n) is 4.46. The van der Waals surface area contributed by atoms with Gasteiger partial charge in [0.25, 0.3) is 5.91 Å². The maximum atomic E-state index is 13.7. The van der Waals surface area contributed by atoms with Gasteiger partial charge in [0.2, 0.25) is 11.7 Å². The molecular formula is C29H29N5O5. The molecule has 3 N–H and O–H groups in total. The Hall–Kier alpha value is -4.99. The second kappa shape index (κ2) is 10.8. The number of methoxy groups -OCH3 is 3. The van der Waals surface area contributed by atoms with E-state index < -0.39 is 6.04 Å². The van der Waals surface area contributed by atoms with Gasteiger partial charge >= 0.3 is 6.01 Å². The number of allylic oxidation sites excluding steroid dienone is 1. The highest BCUT2D eigenvalue weighted by atomic mass is 16.5. The van der Waals surface area contributed by atoms with Crippen LogP contribution in [0.1, 0.15) is 24.1 Å². The molecular weight excluding hydrogens is 498 g/mol. The van der Waals surface area contributed by atoms with E-state index in [1.165, 1.54) is 7.11 Å². The van der Waals surface area contributed by atoms with Crippen LogP contribution in [0, 0.1) is 6.92 Å². The maximum Gasteiger partial charge on any atom is 0.302 e. The van der Waals surface area contributed by atoms with Crippen LogP contribution in [-0.2, 0) is 4.79 Å². The zero-order chi connectivity index (χ0) is 27.5. The fraction of sp³-hybridized carbons (Fsp3) is 0.207. The average molecular weight is 528 g/mol. The molecule has 0 radical (unpaired) electrons. The molecule has 10 nitrogen and oxygen atoms in total. The summed E-state index contributed by atoms with van der Waals surface area (Å²) in [5.41, 5.74) is 4.71. The minimum Gasteiger partial charge on any atom is -0.493 e. The standard InChI is InChI=1S/C29H29N5O5/c1-16-10-6-7-11-19(16)31-27(35)24-17(2)30-28(34-29-32-20-12-8-9-13-21(20)39-29)33-25(24)18-14-22(36-3)26(38-5)23(15-18)37-4/h6-15,25H,1-5H3,(H,31,35)(H2,30,32,33,34). The summed E-state index contributed by atoms with van der Waals surface area (Å²) in [6.07, 6.45) is 0. The molecule has 0 spiro atoms. The van der Waals surface area contributed by atoms with Crippen LogP contribution in [0.3, 0.4) is 0 Å². The molecule has 1 aromatic heterocycles. The Morgan fingerprint density at radius 2 is 1.64 bits per heavy atom. The number of nitrogens with zero attached hydrogens (tertiary/aromatic N) is 2. The molecule has 0 saturated carbocycles. The second-order valence-corrected chi connectivity index (χ2v) is 8.88. The molecule has 2 heterocycles. The van der Waals surface area contributed by atoms with E-state index in [2.05, 4.69) is 20.9 Å². The molecule has 0 bridgehead atoms. The highest BCUT2D eigenvalue weighted by Crippen LogP contribution is 2.43. The molecule has 1 aliphatic heterocycles. The average Bonchev–Trinajstić information content (AvgIpc) is 3.35. The minimum absolute atomic E-state index is 0.270. The third-order valence-electron chi connectivity index (χ3n) is 6.40. The lowest BCUT2D eigenvalue weighted by Gasteiger charge is -2.27. The van der Waals surface area contributed by atoms with Gasteiger partial charge in [-0.05, 0) is 55.3 Å². The topological polar surface area (TPSA) is 119 Å². The molecule has 1 aliphatic rings. The predicted molar refractivity (Wildman–Crippen MR) is 150 cm³/mol. The summed E-state index contributed by atoms with van der Waals surface area (Å²) in [5.74, 6) is 1.41. The Kier molecular flexibility index (Phi) is 7.09. The van der Waals surface area contributed by atoms with Crippen LogP contribution < -0.4 is 30.2 Å². The normalized spacial score (nSPS) is 14.9. The molecule has 1 atom stereocenters. The van der Waals surface area contributed by atoms with E-state index >= 15 is 0 Å². The molecule has 0 saturated heterocycles. The van der Waals surface area contributed by atoms with Crippen LogP contribution in [0.15, 0.2) is 81.3 Å². The lowest BCUT2D eigenvalue weighted by Crippen LogP contribution is -2.37. The number of anilines is 2. The van der Waals surface area contributed by atoms with Gasteiger partial charge in [0, 0.05) is 11.4 Å². The first-order valence-corrected chi connectivity index (χ1v) is 12.3. The van der Waals surface area contributed by atoms with Gasteiger partial charge in [-0.1, -0.05) is 30.3 Å². The number of aliphatic imine (C=N–C) groups is 1. The summed E-state index contributed by atoms with van der Waals surface area (Å²) in [6.45, 7) is 3.76. The predicted octanol–water partition coefficient (Wildman–Crippen LogP) is 5.19. The monoisotopic (exact) mass is 527 g/mol. The van der Waals surface area contributed by atoms with Gasteiger partial charge < -0.3 is 29.3 Å². The molecule has 10 heteroatoms. The van der Waals surface area contributed by atoms with Crippen LogP contribution in [-0.4, -0.2) is 38.2 Å². The summed E-state index contributed by atoms with van der Waals surface area (Å²) in [5, 5.41) is 9.32. The van der Waals surface area contributed by atoms with Crippen LogP contribution >= 0.6 is 0 Å². The van der Waals surface area contributed by atoms with E-state index in [1.807, 2.05) is 62.4 Å². The molecule has 0 fully saturated rings. The van der Waals surface area contributed by atoms with Crippen molar-refractivity contribution in [1.82, 2.24) is 10.3 Å². The van der Waals surface area contributed by atoms with Crippen molar-refractivity contribution in [3.8, 4) is 17.2 Å². The number of guanidine groups is 1. The summed E-state index contributed by atoms with van der Waals surface area (Å²) in [4.78, 5) is 23.1. The maximum absolute atomic E-state index is 13.7. The third-order valence-corrected chi connectivity index (χ3v) is 6.40. The molecule has 0 aliphatic carbocycles. The van der Waals surface area contributed by atoms with Crippen LogP contribution in [0.25, 0.3) is 11.1 Å². The molecule has 5 rings (SSSR count). The number of para-hydroxylation sites is 3. The van der Waals surface area contributed by atoms with E-state index in [1.54, 1.807) is 26.4 Å².